The lowest BCUT2D eigenvalue weighted by molar-refractivity contribution is -0.138. The second-order valence-corrected chi connectivity index (χ2v) is 7.18. The molecule has 2 saturated heterocycles. The molecule has 2 aliphatic heterocycles. The van der Waals surface area contributed by atoms with Crippen molar-refractivity contribution in [3.8, 4) is 0 Å². The Balaban J connectivity index is 1.71. The number of carbonyl (C=O) groups is 1. The van der Waals surface area contributed by atoms with Gasteiger partial charge in [0.15, 0.2) is 0 Å². The molecule has 0 saturated carbocycles. The number of nitrogens with one attached hydrogen (secondary N) is 2. The average molecular weight is 326 g/mol. The van der Waals surface area contributed by atoms with Crippen LogP contribution in [0.4, 0.5) is 0 Å². The van der Waals surface area contributed by atoms with Gasteiger partial charge in [-0.1, -0.05) is 12.8 Å². The fraction of sp³-hybridized carbons (Fsp3) is 0.941. The highest BCUT2D eigenvalue weighted by Crippen LogP contribution is 2.10. The van der Waals surface area contributed by atoms with Gasteiger partial charge in [0, 0.05) is 38.3 Å². The van der Waals surface area contributed by atoms with Crippen LogP contribution in [0.15, 0.2) is 0 Å². The van der Waals surface area contributed by atoms with Crippen molar-refractivity contribution in [2.45, 2.75) is 50.6 Å². The largest absolute Gasteiger partial charge is 0.480 e. The van der Waals surface area contributed by atoms with Crippen LogP contribution in [0.1, 0.15) is 38.5 Å². The number of likely N-dealkylation sites (N-methyl/N-ethyl adjacent to an activating group) is 1. The molecule has 23 heavy (non-hydrogen) atoms. The maximum Gasteiger partial charge on any atom is 0.317 e. The molecular formula is C17H34N4O2. The van der Waals surface area contributed by atoms with Crippen molar-refractivity contribution in [1.82, 2.24) is 20.4 Å². The molecule has 0 radical (unpaired) electrons. The van der Waals surface area contributed by atoms with Crippen molar-refractivity contribution in [3.63, 3.8) is 0 Å². The van der Waals surface area contributed by atoms with Gasteiger partial charge in [-0.25, -0.2) is 0 Å². The maximum absolute atomic E-state index is 11.1. The Morgan fingerprint density at radius 2 is 1.61 bits per heavy atom. The standard InChI is InChI=1S/C17H34N4O2/c1-20(12-15-6-2-4-8-18-15)10-11-21(14-17(22)23)13-16-7-3-5-9-19-16/h15-16,18-19H,2-14H2,1H3,(H,22,23). The monoisotopic (exact) mass is 326 g/mol. The number of carboxylic acid groups (broad SMARTS) is 1. The molecule has 134 valence electrons. The summed E-state index contributed by atoms with van der Waals surface area (Å²) in [5.41, 5.74) is 0. The lowest BCUT2D eigenvalue weighted by Crippen LogP contribution is -2.48. The van der Waals surface area contributed by atoms with E-state index >= 15 is 0 Å². The summed E-state index contributed by atoms with van der Waals surface area (Å²) in [6.45, 7) is 6.01. The van der Waals surface area contributed by atoms with E-state index in [9.17, 15) is 4.79 Å². The second kappa shape index (κ2) is 10.2. The zero-order valence-corrected chi connectivity index (χ0v) is 14.6. The van der Waals surface area contributed by atoms with E-state index in [1.165, 1.54) is 32.1 Å². The second-order valence-electron chi connectivity index (χ2n) is 7.18. The first-order chi connectivity index (χ1) is 11.1. The van der Waals surface area contributed by atoms with E-state index < -0.39 is 5.97 Å². The Morgan fingerprint density at radius 3 is 2.13 bits per heavy atom. The van der Waals surface area contributed by atoms with Crippen molar-refractivity contribution >= 4 is 5.97 Å². The van der Waals surface area contributed by atoms with Gasteiger partial charge >= 0.3 is 5.97 Å². The molecule has 0 amide bonds. The highest BCUT2D eigenvalue weighted by molar-refractivity contribution is 5.69. The summed E-state index contributed by atoms with van der Waals surface area (Å²) in [5, 5.41) is 16.2. The van der Waals surface area contributed by atoms with Crippen LogP contribution in [0.2, 0.25) is 0 Å². The van der Waals surface area contributed by atoms with Crippen molar-refractivity contribution in [1.29, 1.82) is 0 Å². The molecule has 2 rings (SSSR count). The molecule has 2 aliphatic rings. The van der Waals surface area contributed by atoms with E-state index in [0.29, 0.717) is 12.1 Å². The zero-order valence-electron chi connectivity index (χ0n) is 14.6. The summed E-state index contributed by atoms with van der Waals surface area (Å²) < 4.78 is 0. The molecule has 2 fully saturated rings. The molecule has 2 heterocycles. The summed E-state index contributed by atoms with van der Waals surface area (Å²) in [4.78, 5) is 15.6. The van der Waals surface area contributed by atoms with E-state index in [4.69, 9.17) is 5.11 Å². The van der Waals surface area contributed by atoms with E-state index in [-0.39, 0.29) is 6.54 Å². The average Bonchev–Trinajstić information content (AvgIpc) is 2.54. The van der Waals surface area contributed by atoms with Crippen LogP contribution in [0.25, 0.3) is 0 Å². The Bertz CT molecular complexity index is 341. The van der Waals surface area contributed by atoms with Crippen molar-refractivity contribution in [2.75, 3.05) is 52.9 Å². The first-order valence-corrected chi connectivity index (χ1v) is 9.23. The Hall–Kier alpha value is -0.690. The van der Waals surface area contributed by atoms with Crippen LogP contribution in [-0.2, 0) is 4.79 Å². The van der Waals surface area contributed by atoms with Gasteiger partial charge < -0.3 is 20.6 Å². The van der Waals surface area contributed by atoms with Gasteiger partial charge in [0.25, 0.3) is 0 Å². The lowest BCUT2D eigenvalue weighted by Gasteiger charge is -2.32. The minimum absolute atomic E-state index is 0.147. The van der Waals surface area contributed by atoms with E-state index in [0.717, 1.165) is 45.7 Å². The summed E-state index contributed by atoms with van der Waals surface area (Å²) in [5.74, 6) is -0.725. The molecule has 2 unspecified atom stereocenters. The molecule has 6 heteroatoms. The zero-order chi connectivity index (χ0) is 16.5. The molecule has 2 atom stereocenters. The summed E-state index contributed by atoms with van der Waals surface area (Å²) in [6.07, 6.45) is 7.54. The van der Waals surface area contributed by atoms with E-state index in [1.54, 1.807) is 0 Å². The number of hydrogen-bond donors (Lipinski definition) is 3. The Labute approximate surface area is 140 Å². The minimum atomic E-state index is -0.725. The first kappa shape index (κ1) is 18.6. The molecule has 0 aromatic carbocycles. The number of piperidine rings is 2. The Morgan fingerprint density at radius 1 is 1.00 bits per heavy atom. The van der Waals surface area contributed by atoms with Crippen LogP contribution in [-0.4, -0.2) is 85.8 Å². The summed E-state index contributed by atoms with van der Waals surface area (Å²) in [6, 6.07) is 1.05. The van der Waals surface area contributed by atoms with E-state index in [2.05, 4.69) is 27.5 Å². The molecule has 3 N–H and O–H groups in total. The maximum atomic E-state index is 11.1. The summed E-state index contributed by atoms with van der Waals surface area (Å²) in [7, 11) is 2.15. The third-order valence-electron chi connectivity index (χ3n) is 4.99. The summed E-state index contributed by atoms with van der Waals surface area (Å²) >= 11 is 0. The highest BCUT2D eigenvalue weighted by atomic mass is 16.4. The third-order valence-corrected chi connectivity index (χ3v) is 4.99. The fourth-order valence-electron chi connectivity index (χ4n) is 3.68. The molecule has 0 aromatic heterocycles. The SMILES string of the molecule is CN(CCN(CC(=O)O)CC1CCCCN1)CC1CCCCN1. The Kier molecular flexibility index (Phi) is 8.30. The third kappa shape index (κ3) is 7.61. The quantitative estimate of drug-likeness (QED) is 0.576. The topological polar surface area (TPSA) is 67.8 Å². The van der Waals surface area contributed by atoms with Crippen LogP contribution in [0.3, 0.4) is 0 Å². The van der Waals surface area contributed by atoms with Crippen molar-refractivity contribution in [2.24, 2.45) is 0 Å². The van der Waals surface area contributed by atoms with Gasteiger partial charge in [-0.15, -0.1) is 0 Å². The van der Waals surface area contributed by atoms with Crippen LogP contribution in [0, 0.1) is 0 Å². The normalized spacial score (nSPS) is 25.9. The van der Waals surface area contributed by atoms with Gasteiger partial charge in [-0.05, 0) is 45.8 Å². The lowest BCUT2D eigenvalue weighted by atomic mass is 10.0. The van der Waals surface area contributed by atoms with Crippen molar-refractivity contribution in [3.05, 3.63) is 0 Å². The predicted molar refractivity (Wildman–Crippen MR) is 92.9 cm³/mol. The van der Waals surface area contributed by atoms with Gasteiger partial charge in [0.1, 0.15) is 0 Å². The molecule has 0 bridgehead atoms. The smallest absolute Gasteiger partial charge is 0.317 e. The van der Waals surface area contributed by atoms with Crippen LogP contribution < -0.4 is 10.6 Å². The van der Waals surface area contributed by atoms with Crippen LogP contribution in [0.5, 0.6) is 0 Å². The molecular weight excluding hydrogens is 292 g/mol. The van der Waals surface area contributed by atoms with Gasteiger partial charge in [-0.2, -0.15) is 0 Å². The van der Waals surface area contributed by atoms with Gasteiger partial charge in [-0.3, -0.25) is 9.69 Å². The number of carboxylic acids is 1. The number of hydrogen-bond acceptors (Lipinski definition) is 5. The molecule has 6 nitrogen and oxygen atoms in total. The number of aliphatic carboxylic acids is 1. The fourth-order valence-corrected chi connectivity index (χ4v) is 3.68. The van der Waals surface area contributed by atoms with Crippen LogP contribution >= 0.6 is 0 Å². The predicted octanol–water partition coefficient (Wildman–Crippen LogP) is 0.589. The highest BCUT2D eigenvalue weighted by Gasteiger charge is 2.19. The van der Waals surface area contributed by atoms with Gasteiger partial charge in [0.05, 0.1) is 6.54 Å². The van der Waals surface area contributed by atoms with Gasteiger partial charge in [0.2, 0.25) is 0 Å². The molecule has 0 spiro atoms. The minimum Gasteiger partial charge on any atom is -0.480 e. The first-order valence-electron chi connectivity index (χ1n) is 9.23. The number of nitrogens with zero attached hydrogens (tertiary/aromatic N) is 2. The molecule has 0 aromatic rings. The number of rotatable bonds is 9. The van der Waals surface area contributed by atoms with Crippen molar-refractivity contribution < 1.29 is 9.90 Å². The van der Waals surface area contributed by atoms with E-state index in [1.807, 2.05) is 0 Å². The molecule has 0 aliphatic carbocycles.